The lowest BCUT2D eigenvalue weighted by Crippen LogP contribution is -2.51. The molecule has 3 aromatic carbocycles. The molecule has 202 valence electrons. The topological polar surface area (TPSA) is 86.8 Å². The number of rotatable bonds is 11. The van der Waals surface area contributed by atoms with E-state index in [2.05, 4.69) is 5.32 Å². The first-order valence-electron chi connectivity index (χ1n) is 12.8. The van der Waals surface area contributed by atoms with Gasteiger partial charge in [0.25, 0.3) is 10.0 Å². The summed E-state index contributed by atoms with van der Waals surface area (Å²) >= 11 is 0. The van der Waals surface area contributed by atoms with Gasteiger partial charge in [0.05, 0.1) is 10.6 Å². The van der Waals surface area contributed by atoms with Crippen molar-refractivity contribution < 1.29 is 18.0 Å². The molecule has 0 unspecified atom stereocenters. The lowest BCUT2D eigenvalue weighted by Gasteiger charge is -2.32. The zero-order valence-electron chi connectivity index (χ0n) is 22.8. The molecule has 2 amide bonds. The number of hydrogen-bond acceptors (Lipinski definition) is 4. The summed E-state index contributed by atoms with van der Waals surface area (Å²) in [6, 6.07) is 20.3. The fourth-order valence-electron chi connectivity index (χ4n) is 4.00. The Bertz CT molecular complexity index is 1360. The molecule has 0 aliphatic rings. The van der Waals surface area contributed by atoms with Crippen molar-refractivity contribution >= 4 is 27.5 Å². The summed E-state index contributed by atoms with van der Waals surface area (Å²) in [5.74, 6) is -0.751. The van der Waals surface area contributed by atoms with E-state index in [0.717, 1.165) is 33.0 Å². The summed E-state index contributed by atoms with van der Waals surface area (Å²) in [6.07, 6.45) is 0.764. The Balaban J connectivity index is 2.02. The lowest BCUT2D eigenvalue weighted by atomic mass is 10.1. The molecular formula is C30H37N3O4S. The fourth-order valence-corrected chi connectivity index (χ4v) is 5.42. The average Bonchev–Trinajstić information content (AvgIpc) is 2.91. The van der Waals surface area contributed by atoms with Gasteiger partial charge in [0.1, 0.15) is 12.6 Å². The van der Waals surface area contributed by atoms with Gasteiger partial charge in [-0.05, 0) is 75.1 Å². The Labute approximate surface area is 226 Å². The maximum Gasteiger partial charge on any atom is 0.264 e. The smallest absolute Gasteiger partial charge is 0.264 e. The van der Waals surface area contributed by atoms with Gasteiger partial charge in [-0.2, -0.15) is 0 Å². The number of amides is 2. The van der Waals surface area contributed by atoms with Crippen LogP contribution in [0.5, 0.6) is 0 Å². The quantitative estimate of drug-likeness (QED) is 0.384. The van der Waals surface area contributed by atoms with E-state index >= 15 is 0 Å². The van der Waals surface area contributed by atoms with Crippen molar-refractivity contribution in [3.05, 3.63) is 95.1 Å². The number of carbonyl (C=O) groups is 2. The van der Waals surface area contributed by atoms with Gasteiger partial charge in [0, 0.05) is 13.1 Å². The highest BCUT2D eigenvalue weighted by Crippen LogP contribution is 2.26. The SMILES string of the molecule is CCCNC(=O)[C@@H](C)N(Cc1ccc(C)cc1)C(=O)CN(c1ccc(C)c(C)c1)S(=O)(=O)c1ccccc1. The van der Waals surface area contributed by atoms with E-state index in [4.69, 9.17) is 0 Å². The second-order valence-corrected chi connectivity index (χ2v) is 11.4. The van der Waals surface area contributed by atoms with Crippen LogP contribution in [0, 0.1) is 20.8 Å². The molecule has 3 rings (SSSR count). The van der Waals surface area contributed by atoms with Crippen LogP contribution < -0.4 is 9.62 Å². The van der Waals surface area contributed by atoms with E-state index < -0.39 is 28.5 Å². The van der Waals surface area contributed by atoms with Crippen molar-refractivity contribution in [2.24, 2.45) is 0 Å². The number of sulfonamides is 1. The Morgan fingerprint density at radius 3 is 2.16 bits per heavy atom. The van der Waals surface area contributed by atoms with Gasteiger partial charge in [-0.3, -0.25) is 13.9 Å². The summed E-state index contributed by atoms with van der Waals surface area (Å²) in [7, 11) is -4.07. The molecule has 0 spiro atoms. The third-order valence-electron chi connectivity index (χ3n) is 6.58. The second kappa shape index (κ2) is 12.7. The Morgan fingerprint density at radius 1 is 0.895 bits per heavy atom. The Morgan fingerprint density at radius 2 is 1.55 bits per heavy atom. The number of aryl methyl sites for hydroxylation is 3. The van der Waals surface area contributed by atoms with E-state index in [1.165, 1.54) is 17.0 Å². The summed E-state index contributed by atoms with van der Waals surface area (Å²) in [4.78, 5) is 28.3. The molecule has 38 heavy (non-hydrogen) atoms. The van der Waals surface area contributed by atoms with Crippen molar-refractivity contribution in [3.63, 3.8) is 0 Å². The monoisotopic (exact) mass is 535 g/mol. The predicted octanol–water partition coefficient (Wildman–Crippen LogP) is 4.75. The number of hydrogen-bond donors (Lipinski definition) is 1. The van der Waals surface area contributed by atoms with E-state index in [1.54, 1.807) is 37.3 Å². The fraction of sp³-hybridized carbons (Fsp3) is 0.333. The van der Waals surface area contributed by atoms with Crippen LogP contribution in [0.4, 0.5) is 5.69 Å². The molecule has 0 heterocycles. The summed E-state index contributed by atoms with van der Waals surface area (Å²) in [5.41, 5.74) is 4.24. The third kappa shape index (κ3) is 7.01. The lowest BCUT2D eigenvalue weighted by molar-refractivity contribution is -0.139. The first-order valence-corrected chi connectivity index (χ1v) is 14.3. The van der Waals surface area contributed by atoms with Gasteiger partial charge in [-0.25, -0.2) is 8.42 Å². The van der Waals surface area contributed by atoms with Gasteiger partial charge in [0.15, 0.2) is 0 Å². The molecule has 1 atom stereocenters. The molecule has 0 aliphatic heterocycles. The molecule has 0 saturated carbocycles. The van der Waals surface area contributed by atoms with Gasteiger partial charge in [0.2, 0.25) is 11.8 Å². The zero-order valence-corrected chi connectivity index (χ0v) is 23.6. The zero-order chi connectivity index (χ0) is 27.9. The highest BCUT2D eigenvalue weighted by Gasteiger charge is 2.32. The number of anilines is 1. The summed E-state index contributed by atoms with van der Waals surface area (Å²) < 4.78 is 28.7. The molecule has 0 radical (unpaired) electrons. The Kier molecular flexibility index (Phi) is 9.69. The molecule has 8 heteroatoms. The van der Waals surface area contributed by atoms with Gasteiger partial charge in [-0.15, -0.1) is 0 Å². The summed E-state index contributed by atoms with van der Waals surface area (Å²) in [6.45, 7) is 9.66. The van der Waals surface area contributed by atoms with Crippen molar-refractivity contribution in [1.29, 1.82) is 0 Å². The van der Waals surface area contributed by atoms with Crippen LogP contribution in [0.15, 0.2) is 77.7 Å². The van der Waals surface area contributed by atoms with Crippen molar-refractivity contribution in [3.8, 4) is 0 Å². The summed E-state index contributed by atoms with van der Waals surface area (Å²) in [5, 5.41) is 2.85. The standard InChI is InChI=1S/C30H37N3O4S/c1-6-18-31-30(35)25(5)32(20-26-15-12-22(2)13-16-26)29(34)21-33(27-17-14-23(3)24(4)19-27)38(36,37)28-10-8-7-9-11-28/h7-17,19,25H,6,18,20-21H2,1-5H3,(H,31,35)/t25-/m1/s1. The minimum atomic E-state index is -4.07. The molecule has 0 aliphatic carbocycles. The van der Waals surface area contributed by atoms with Gasteiger partial charge < -0.3 is 10.2 Å². The van der Waals surface area contributed by atoms with Crippen molar-refractivity contribution in [2.75, 3.05) is 17.4 Å². The van der Waals surface area contributed by atoms with Crippen molar-refractivity contribution in [2.45, 2.75) is 58.5 Å². The average molecular weight is 536 g/mol. The van der Waals surface area contributed by atoms with E-state index in [-0.39, 0.29) is 17.3 Å². The largest absolute Gasteiger partial charge is 0.354 e. The second-order valence-electron chi connectivity index (χ2n) is 9.57. The first-order chi connectivity index (χ1) is 18.0. The minimum Gasteiger partial charge on any atom is -0.354 e. The molecule has 3 aromatic rings. The van der Waals surface area contributed by atoms with Crippen LogP contribution in [0.2, 0.25) is 0 Å². The van der Waals surface area contributed by atoms with Crippen molar-refractivity contribution in [1.82, 2.24) is 10.2 Å². The maximum absolute atomic E-state index is 13.9. The molecule has 0 fully saturated rings. The van der Waals surface area contributed by atoms with E-state index in [9.17, 15) is 18.0 Å². The molecule has 0 bridgehead atoms. The van der Waals surface area contributed by atoms with Gasteiger partial charge in [-0.1, -0.05) is 61.0 Å². The van der Waals surface area contributed by atoms with Crippen LogP contribution in [0.25, 0.3) is 0 Å². The number of benzene rings is 3. The molecule has 1 N–H and O–H groups in total. The minimum absolute atomic E-state index is 0.0878. The molecule has 7 nitrogen and oxygen atoms in total. The van der Waals surface area contributed by atoms with E-state index in [0.29, 0.717) is 12.2 Å². The number of carbonyl (C=O) groups excluding carboxylic acids is 2. The third-order valence-corrected chi connectivity index (χ3v) is 8.37. The van der Waals surface area contributed by atoms with Crippen LogP contribution in [-0.2, 0) is 26.2 Å². The van der Waals surface area contributed by atoms with Crippen LogP contribution in [0.1, 0.15) is 42.5 Å². The molecule has 0 aromatic heterocycles. The Hall–Kier alpha value is -3.65. The first kappa shape index (κ1) is 28.9. The number of nitrogens with zero attached hydrogens (tertiary/aromatic N) is 2. The van der Waals surface area contributed by atoms with Gasteiger partial charge >= 0.3 is 0 Å². The molecular weight excluding hydrogens is 498 g/mol. The normalized spacial score (nSPS) is 12.0. The van der Waals surface area contributed by atoms with Crippen LogP contribution in [0.3, 0.4) is 0 Å². The van der Waals surface area contributed by atoms with Crippen LogP contribution in [-0.4, -0.2) is 44.3 Å². The highest BCUT2D eigenvalue weighted by molar-refractivity contribution is 7.92. The maximum atomic E-state index is 13.9. The highest BCUT2D eigenvalue weighted by atomic mass is 32.2. The van der Waals surface area contributed by atoms with E-state index in [1.807, 2.05) is 58.0 Å². The predicted molar refractivity (Wildman–Crippen MR) is 151 cm³/mol. The number of nitrogens with one attached hydrogen (secondary N) is 1. The molecule has 0 saturated heterocycles. The van der Waals surface area contributed by atoms with Crippen LogP contribution >= 0.6 is 0 Å².